The predicted octanol–water partition coefficient (Wildman–Crippen LogP) is 8.51. The van der Waals surface area contributed by atoms with Gasteiger partial charge in [0.25, 0.3) is 0 Å². The number of hydrogen-bond acceptors (Lipinski definition) is 1. The molecule has 0 unspecified atom stereocenters. The molecule has 0 saturated heterocycles. The van der Waals surface area contributed by atoms with Crippen LogP contribution in [0.5, 0.6) is 0 Å². The van der Waals surface area contributed by atoms with Crippen LogP contribution >= 0.6 is 0 Å². The Morgan fingerprint density at radius 1 is 0.500 bits per heavy atom. The van der Waals surface area contributed by atoms with Crippen LogP contribution in [-0.4, -0.2) is 4.57 Å². The number of nitrogens with zero attached hydrogens (tertiary/aromatic N) is 2. The highest BCUT2D eigenvalue weighted by Crippen LogP contribution is 2.49. The Hall–Kier alpha value is -4.44. The van der Waals surface area contributed by atoms with E-state index in [0.29, 0.717) is 5.56 Å². The van der Waals surface area contributed by atoms with Crippen molar-refractivity contribution in [2.45, 2.75) is 0 Å². The number of benzene rings is 5. The topological polar surface area (TPSA) is 8.17 Å². The average Bonchev–Trinajstić information content (AvgIpc) is 3.20. The molecule has 0 fully saturated rings. The Balaban J connectivity index is 1.46. The lowest BCUT2D eigenvalue weighted by Crippen LogP contribution is -2.17. The van der Waals surface area contributed by atoms with Crippen molar-refractivity contribution in [3.05, 3.63) is 121 Å². The highest BCUT2D eigenvalue weighted by Gasteiger charge is 2.27. The van der Waals surface area contributed by atoms with E-state index in [4.69, 9.17) is 0 Å². The molecule has 0 N–H and O–H groups in total. The van der Waals surface area contributed by atoms with E-state index in [1.807, 2.05) is 30.3 Å². The van der Waals surface area contributed by atoms with Gasteiger partial charge in [0.1, 0.15) is 11.6 Å². The number of hydrogen-bond donors (Lipinski definition) is 0. The van der Waals surface area contributed by atoms with Crippen LogP contribution in [0.1, 0.15) is 0 Å². The summed E-state index contributed by atoms with van der Waals surface area (Å²) < 4.78 is 29.9. The fourth-order valence-electron chi connectivity index (χ4n) is 5.20. The van der Waals surface area contributed by atoms with Gasteiger partial charge in [-0.25, -0.2) is 8.78 Å². The molecule has 0 amide bonds. The Kier molecular flexibility index (Phi) is 3.94. The molecule has 7 rings (SSSR count). The predicted molar refractivity (Wildman–Crippen MR) is 134 cm³/mol. The second-order valence-electron chi connectivity index (χ2n) is 8.55. The molecular formula is C30H18F2N2. The van der Waals surface area contributed by atoms with Crippen LogP contribution in [-0.2, 0) is 0 Å². The van der Waals surface area contributed by atoms with Crippen LogP contribution in [0.3, 0.4) is 0 Å². The molecule has 0 radical (unpaired) electrons. The van der Waals surface area contributed by atoms with Crippen molar-refractivity contribution in [1.82, 2.24) is 4.57 Å². The standard InChI is InChI=1S/C30H18F2N2/c31-21-16-20(17-22(32)18-21)19-12-14-23(15-13-19)33-27-9-3-4-10-28(27)34-26-8-2-1-6-24(26)25-7-5-11-29(33)30(25)34/h1-18H. The van der Waals surface area contributed by atoms with Gasteiger partial charge in [-0.1, -0.05) is 54.6 Å². The fraction of sp³-hybridized carbons (Fsp3) is 0. The maximum absolute atomic E-state index is 13.8. The smallest absolute Gasteiger partial charge is 0.126 e. The maximum Gasteiger partial charge on any atom is 0.126 e. The van der Waals surface area contributed by atoms with E-state index in [-0.39, 0.29) is 0 Å². The van der Waals surface area contributed by atoms with E-state index in [1.54, 1.807) is 0 Å². The first-order valence-corrected chi connectivity index (χ1v) is 11.2. The summed E-state index contributed by atoms with van der Waals surface area (Å²) in [5.41, 5.74) is 7.90. The molecule has 1 aromatic heterocycles. The highest BCUT2D eigenvalue weighted by atomic mass is 19.1. The van der Waals surface area contributed by atoms with Crippen molar-refractivity contribution in [3.63, 3.8) is 0 Å². The van der Waals surface area contributed by atoms with Crippen LogP contribution in [0, 0.1) is 11.6 Å². The van der Waals surface area contributed by atoms with Gasteiger partial charge in [0.05, 0.1) is 28.1 Å². The fourth-order valence-corrected chi connectivity index (χ4v) is 5.20. The van der Waals surface area contributed by atoms with Crippen molar-refractivity contribution >= 4 is 38.9 Å². The maximum atomic E-state index is 13.8. The molecule has 1 aliphatic rings. The summed E-state index contributed by atoms with van der Waals surface area (Å²) in [6.45, 7) is 0. The minimum atomic E-state index is -0.580. The number of aromatic nitrogens is 1. The van der Waals surface area contributed by atoms with Gasteiger partial charge < -0.3 is 9.47 Å². The Bertz CT molecular complexity index is 1710. The van der Waals surface area contributed by atoms with E-state index >= 15 is 0 Å². The molecule has 4 heteroatoms. The van der Waals surface area contributed by atoms with Crippen molar-refractivity contribution in [2.75, 3.05) is 4.90 Å². The van der Waals surface area contributed by atoms with Crippen LogP contribution in [0.15, 0.2) is 109 Å². The number of para-hydroxylation sites is 4. The zero-order chi connectivity index (χ0) is 22.8. The van der Waals surface area contributed by atoms with Crippen molar-refractivity contribution in [1.29, 1.82) is 0 Å². The van der Waals surface area contributed by atoms with Gasteiger partial charge in [-0.2, -0.15) is 0 Å². The highest BCUT2D eigenvalue weighted by molar-refractivity contribution is 6.16. The summed E-state index contributed by atoms with van der Waals surface area (Å²) in [5, 5.41) is 2.43. The molecule has 6 aromatic rings. The first kappa shape index (κ1) is 19.1. The number of anilines is 3. The van der Waals surface area contributed by atoms with E-state index in [1.165, 1.54) is 33.9 Å². The van der Waals surface area contributed by atoms with Crippen molar-refractivity contribution in [3.8, 4) is 16.8 Å². The zero-order valence-corrected chi connectivity index (χ0v) is 18.0. The van der Waals surface area contributed by atoms with Crippen LogP contribution in [0.4, 0.5) is 25.8 Å². The first-order chi connectivity index (χ1) is 16.7. The third-order valence-corrected chi connectivity index (χ3v) is 6.60. The molecule has 0 spiro atoms. The lowest BCUT2D eigenvalue weighted by atomic mass is 10.0. The summed E-state index contributed by atoms with van der Waals surface area (Å²) >= 11 is 0. The molecule has 162 valence electrons. The van der Waals surface area contributed by atoms with Gasteiger partial charge >= 0.3 is 0 Å². The molecule has 2 heterocycles. The molecule has 0 atom stereocenters. The molecule has 0 bridgehead atoms. The molecular weight excluding hydrogens is 426 g/mol. The molecule has 1 aliphatic heterocycles. The lowest BCUT2D eigenvalue weighted by molar-refractivity contribution is 0.584. The minimum absolute atomic E-state index is 0.519. The largest absolute Gasteiger partial charge is 0.306 e. The van der Waals surface area contributed by atoms with Gasteiger partial charge in [0.2, 0.25) is 0 Å². The normalized spacial score (nSPS) is 12.4. The Morgan fingerprint density at radius 2 is 1.15 bits per heavy atom. The van der Waals surface area contributed by atoms with Gasteiger partial charge in [0.15, 0.2) is 0 Å². The van der Waals surface area contributed by atoms with Gasteiger partial charge in [-0.3, -0.25) is 0 Å². The monoisotopic (exact) mass is 444 g/mol. The summed E-state index contributed by atoms with van der Waals surface area (Å²) in [6, 6.07) is 34.7. The number of fused-ring (bicyclic) bond motifs is 5. The van der Waals surface area contributed by atoms with Crippen LogP contribution in [0.25, 0.3) is 38.6 Å². The van der Waals surface area contributed by atoms with Crippen molar-refractivity contribution in [2.24, 2.45) is 0 Å². The number of halogens is 2. The second kappa shape index (κ2) is 7.03. The number of rotatable bonds is 2. The molecule has 5 aromatic carbocycles. The average molecular weight is 444 g/mol. The minimum Gasteiger partial charge on any atom is -0.306 e. The molecule has 0 aliphatic carbocycles. The molecule has 34 heavy (non-hydrogen) atoms. The van der Waals surface area contributed by atoms with Crippen molar-refractivity contribution < 1.29 is 8.78 Å². The SMILES string of the molecule is Fc1cc(F)cc(-c2ccc(N3c4ccccc4-n4c5ccccc5c5cccc3c54)cc2)c1. The summed E-state index contributed by atoms with van der Waals surface area (Å²) in [7, 11) is 0. The molecule has 0 saturated carbocycles. The summed E-state index contributed by atoms with van der Waals surface area (Å²) in [6.07, 6.45) is 0. The quantitative estimate of drug-likeness (QED) is 0.259. The van der Waals surface area contributed by atoms with Gasteiger partial charge in [-0.15, -0.1) is 0 Å². The van der Waals surface area contributed by atoms with Gasteiger partial charge in [-0.05, 0) is 59.7 Å². The third-order valence-electron chi connectivity index (χ3n) is 6.60. The Labute approximate surface area is 194 Å². The Morgan fingerprint density at radius 3 is 1.94 bits per heavy atom. The van der Waals surface area contributed by atoms with Crippen LogP contribution in [0.2, 0.25) is 0 Å². The van der Waals surface area contributed by atoms with Gasteiger partial charge in [0, 0.05) is 22.5 Å². The van der Waals surface area contributed by atoms with E-state index in [0.717, 1.165) is 34.4 Å². The summed E-state index contributed by atoms with van der Waals surface area (Å²) in [5.74, 6) is -1.16. The summed E-state index contributed by atoms with van der Waals surface area (Å²) in [4.78, 5) is 2.26. The molecule has 2 nitrogen and oxygen atoms in total. The van der Waals surface area contributed by atoms with Crippen LogP contribution < -0.4 is 4.90 Å². The van der Waals surface area contributed by atoms with E-state index < -0.39 is 11.6 Å². The second-order valence-corrected chi connectivity index (χ2v) is 8.55. The third kappa shape index (κ3) is 2.66. The lowest BCUT2D eigenvalue weighted by Gasteiger charge is -2.33. The first-order valence-electron chi connectivity index (χ1n) is 11.2. The van der Waals surface area contributed by atoms with E-state index in [2.05, 4.69) is 70.1 Å². The zero-order valence-electron chi connectivity index (χ0n) is 18.0. The van der Waals surface area contributed by atoms with E-state index in [9.17, 15) is 8.78 Å².